The molecule has 1 aromatic rings. The lowest BCUT2D eigenvalue weighted by atomic mass is 10.2. The van der Waals surface area contributed by atoms with Crippen LogP contribution in [-0.4, -0.2) is 24.2 Å². The molecular formula is C13H19NO2. The van der Waals surface area contributed by atoms with Crippen LogP contribution in [0.15, 0.2) is 24.3 Å². The summed E-state index contributed by atoms with van der Waals surface area (Å²) in [6.45, 7) is 5.62. The number of rotatable bonds is 6. The average molecular weight is 221 g/mol. The summed E-state index contributed by atoms with van der Waals surface area (Å²) in [6, 6.07) is 8.18. The molecule has 0 amide bonds. The summed E-state index contributed by atoms with van der Waals surface area (Å²) in [5.41, 5.74) is 2.32. The quantitative estimate of drug-likeness (QED) is 0.803. The molecule has 0 fully saturated rings. The Morgan fingerprint density at radius 2 is 2.12 bits per heavy atom. The number of aryl methyl sites for hydroxylation is 1. The smallest absolute Gasteiger partial charge is 0.305 e. The monoisotopic (exact) mass is 221 g/mol. The minimum absolute atomic E-state index is 0.188. The number of carbonyl (C=O) groups is 1. The van der Waals surface area contributed by atoms with Gasteiger partial charge >= 0.3 is 5.97 Å². The van der Waals surface area contributed by atoms with Gasteiger partial charge in [0, 0.05) is 18.8 Å². The van der Waals surface area contributed by atoms with Crippen molar-refractivity contribution < 1.29 is 9.90 Å². The Morgan fingerprint density at radius 3 is 2.69 bits per heavy atom. The minimum atomic E-state index is -0.742. The minimum Gasteiger partial charge on any atom is -0.481 e. The van der Waals surface area contributed by atoms with Gasteiger partial charge in [-0.2, -0.15) is 0 Å². The topological polar surface area (TPSA) is 40.5 Å². The zero-order chi connectivity index (χ0) is 12.0. The van der Waals surface area contributed by atoms with E-state index < -0.39 is 5.97 Å². The molecule has 0 radical (unpaired) electrons. The standard InChI is InChI=1S/C13H19NO2/c1-3-8-14(9-7-13(15)16)12-6-4-5-11(2)10-12/h4-6,10H,3,7-9H2,1-2H3,(H,15,16). The van der Waals surface area contributed by atoms with Crippen LogP contribution in [-0.2, 0) is 4.79 Å². The summed E-state index contributed by atoms with van der Waals surface area (Å²) in [6.07, 6.45) is 1.21. The van der Waals surface area contributed by atoms with Crippen molar-refractivity contribution in [3.63, 3.8) is 0 Å². The second kappa shape index (κ2) is 6.16. The maximum atomic E-state index is 10.6. The molecule has 0 aliphatic heterocycles. The second-order valence-electron chi connectivity index (χ2n) is 3.97. The van der Waals surface area contributed by atoms with Gasteiger partial charge in [-0.3, -0.25) is 4.79 Å². The lowest BCUT2D eigenvalue weighted by Crippen LogP contribution is -2.26. The van der Waals surface area contributed by atoms with Crippen molar-refractivity contribution in [3.05, 3.63) is 29.8 Å². The fourth-order valence-electron chi connectivity index (χ4n) is 1.70. The van der Waals surface area contributed by atoms with Crippen molar-refractivity contribution in [1.82, 2.24) is 0 Å². The number of hydrogen-bond donors (Lipinski definition) is 1. The van der Waals surface area contributed by atoms with E-state index in [1.807, 2.05) is 25.1 Å². The van der Waals surface area contributed by atoms with Crippen LogP contribution in [0, 0.1) is 6.92 Å². The van der Waals surface area contributed by atoms with E-state index in [1.54, 1.807) is 0 Å². The van der Waals surface area contributed by atoms with E-state index in [0.717, 1.165) is 18.7 Å². The molecule has 3 heteroatoms. The van der Waals surface area contributed by atoms with Gasteiger partial charge < -0.3 is 10.0 Å². The molecule has 0 atom stereocenters. The highest BCUT2D eigenvalue weighted by Gasteiger charge is 2.07. The molecule has 0 aromatic heterocycles. The number of carboxylic acid groups (broad SMARTS) is 1. The SMILES string of the molecule is CCCN(CCC(=O)O)c1cccc(C)c1. The Labute approximate surface area is 96.7 Å². The molecule has 0 unspecified atom stereocenters. The first-order valence-electron chi connectivity index (χ1n) is 5.67. The van der Waals surface area contributed by atoms with Crippen LogP contribution in [0.3, 0.4) is 0 Å². The van der Waals surface area contributed by atoms with Crippen LogP contribution in [0.4, 0.5) is 5.69 Å². The van der Waals surface area contributed by atoms with Crippen LogP contribution < -0.4 is 4.90 Å². The number of aliphatic carboxylic acids is 1. The van der Waals surface area contributed by atoms with E-state index in [-0.39, 0.29) is 6.42 Å². The molecular weight excluding hydrogens is 202 g/mol. The lowest BCUT2D eigenvalue weighted by molar-refractivity contribution is -0.136. The van der Waals surface area contributed by atoms with Crippen molar-refractivity contribution in [1.29, 1.82) is 0 Å². The molecule has 0 bridgehead atoms. The molecule has 0 aliphatic carbocycles. The zero-order valence-electron chi connectivity index (χ0n) is 9.94. The number of nitrogens with zero attached hydrogens (tertiary/aromatic N) is 1. The first-order chi connectivity index (χ1) is 7.63. The third-order valence-electron chi connectivity index (χ3n) is 2.46. The third kappa shape index (κ3) is 3.93. The summed E-state index contributed by atoms with van der Waals surface area (Å²) >= 11 is 0. The molecule has 0 saturated carbocycles. The Kier molecular flexibility index (Phi) is 4.83. The number of anilines is 1. The molecule has 1 aromatic carbocycles. The summed E-state index contributed by atoms with van der Waals surface area (Å²) in [7, 11) is 0. The molecule has 0 spiro atoms. The molecule has 3 nitrogen and oxygen atoms in total. The average Bonchev–Trinajstić information content (AvgIpc) is 2.24. The molecule has 16 heavy (non-hydrogen) atoms. The van der Waals surface area contributed by atoms with Crippen molar-refractivity contribution in [2.45, 2.75) is 26.7 Å². The fraction of sp³-hybridized carbons (Fsp3) is 0.462. The van der Waals surface area contributed by atoms with Gasteiger partial charge in [-0.15, -0.1) is 0 Å². The molecule has 1 rings (SSSR count). The molecule has 0 saturated heterocycles. The van der Waals surface area contributed by atoms with E-state index in [9.17, 15) is 4.79 Å². The normalized spacial score (nSPS) is 10.1. The van der Waals surface area contributed by atoms with Crippen LogP contribution in [0.5, 0.6) is 0 Å². The molecule has 0 aliphatic rings. The van der Waals surface area contributed by atoms with E-state index in [4.69, 9.17) is 5.11 Å². The summed E-state index contributed by atoms with van der Waals surface area (Å²) in [5.74, 6) is -0.742. The van der Waals surface area contributed by atoms with Gasteiger partial charge in [0.15, 0.2) is 0 Å². The van der Waals surface area contributed by atoms with Crippen molar-refractivity contribution in [2.24, 2.45) is 0 Å². The maximum Gasteiger partial charge on any atom is 0.305 e. The molecule has 1 N–H and O–H groups in total. The van der Waals surface area contributed by atoms with E-state index in [0.29, 0.717) is 6.54 Å². The van der Waals surface area contributed by atoms with Crippen LogP contribution in [0.1, 0.15) is 25.3 Å². The van der Waals surface area contributed by atoms with Gasteiger partial charge in [-0.1, -0.05) is 19.1 Å². The Hall–Kier alpha value is -1.51. The van der Waals surface area contributed by atoms with Gasteiger partial charge in [-0.25, -0.2) is 0 Å². The van der Waals surface area contributed by atoms with Crippen molar-refractivity contribution in [2.75, 3.05) is 18.0 Å². The summed E-state index contributed by atoms with van der Waals surface area (Å²) in [4.78, 5) is 12.7. The number of benzene rings is 1. The first kappa shape index (κ1) is 12.6. The van der Waals surface area contributed by atoms with Crippen LogP contribution >= 0.6 is 0 Å². The van der Waals surface area contributed by atoms with Crippen LogP contribution in [0.25, 0.3) is 0 Å². The Balaban J connectivity index is 2.72. The van der Waals surface area contributed by atoms with Gasteiger partial charge in [-0.05, 0) is 31.0 Å². The fourth-order valence-corrected chi connectivity index (χ4v) is 1.70. The van der Waals surface area contributed by atoms with Gasteiger partial charge in [0.1, 0.15) is 0 Å². The molecule has 88 valence electrons. The number of carboxylic acids is 1. The highest BCUT2D eigenvalue weighted by molar-refractivity contribution is 5.67. The lowest BCUT2D eigenvalue weighted by Gasteiger charge is -2.23. The van der Waals surface area contributed by atoms with Gasteiger partial charge in [0.05, 0.1) is 6.42 Å². The third-order valence-corrected chi connectivity index (χ3v) is 2.46. The maximum absolute atomic E-state index is 10.6. The zero-order valence-corrected chi connectivity index (χ0v) is 9.94. The Morgan fingerprint density at radius 1 is 1.38 bits per heavy atom. The predicted octanol–water partition coefficient (Wildman–Crippen LogP) is 2.69. The van der Waals surface area contributed by atoms with Crippen molar-refractivity contribution in [3.8, 4) is 0 Å². The van der Waals surface area contributed by atoms with E-state index >= 15 is 0 Å². The second-order valence-corrected chi connectivity index (χ2v) is 3.97. The van der Waals surface area contributed by atoms with E-state index in [2.05, 4.69) is 17.9 Å². The summed E-state index contributed by atoms with van der Waals surface area (Å²) in [5, 5.41) is 8.71. The number of hydrogen-bond acceptors (Lipinski definition) is 2. The van der Waals surface area contributed by atoms with Gasteiger partial charge in [0.25, 0.3) is 0 Å². The molecule has 0 heterocycles. The first-order valence-corrected chi connectivity index (χ1v) is 5.67. The van der Waals surface area contributed by atoms with Gasteiger partial charge in [0.2, 0.25) is 0 Å². The van der Waals surface area contributed by atoms with Crippen LogP contribution in [0.2, 0.25) is 0 Å². The summed E-state index contributed by atoms with van der Waals surface area (Å²) < 4.78 is 0. The van der Waals surface area contributed by atoms with Crippen molar-refractivity contribution >= 4 is 11.7 Å². The largest absolute Gasteiger partial charge is 0.481 e. The predicted molar refractivity (Wildman–Crippen MR) is 65.9 cm³/mol. The highest BCUT2D eigenvalue weighted by Crippen LogP contribution is 2.16. The Bertz CT molecular complexity index is 350. The van der Waals surface area contributed by atoms with E-state index in [1.165, 1.54) is 5.56 Å². The highest BCUT2D eigenvalue weighted by atomic mass is 16.4.